The van der Waals surface area contributed by atoms with Gasteiger partial charge in [0.1, 0.15) is 11.4 Å². The molecule has 0 atom stereocenters. The molecule has 0 aliphatic carbocycles. The fourth-order valence-electron chi connectivity index (χ4n) is 2.55. The molecule has 0 aliphatic rings. The Morgan fingerprint density at radius 3 is 2.79 bits per heavy atom. The Labute approximate surface area is 141 Å². The topological polar surface area (TPSA) is 60.1 Å². The molecule has 0 radical (unpaired) electrons. The lowest BCUT2D eigenvalue weighted by Crippen LogP contribution is -2.26. The Morgan fingerprint density at radius 1 is 1.25 bits per heavy atom. The first-order valence-electron chi connectivity index (χ1n) is 8.10. The SMILES string of the molecule is CCCNC(=O)c1cc(-c2ccco2)nn1-c1cc(C)ccc1C. The van der Waals surface area contributed by atoms with Gasteiger partial charge in [-0.3, -0.25) is 4.79 Å². The minimum absolute atomic E-state index is 0.136. The van der Waals surface area contributed by atoms with Gasteiger partial charge in [0.25, 0.3) is 5.91 Å². The molecule has 3 aromatic rings. The molecule has 1 aromatic carbocycles. The van der Waals surface area contributed by atoms with Crippen LogP contribution in [0.15, 0.2) is 47.1 Å². The van der Waals surface area contributed by atoms with Gasteiger partial charge in [0.2, 0.25) is 0 Å². The van der Waals surface area contributed by atoms with E-state index in [1.807, 2.05) is 51.1 Å². The zero-order valence-electron chi connectivity index (χ0n) is 14.2. The van der Waals surface area contributed by atoms with Crippen LogP contribution < -0.4 is 5.32 Å². The summed E-state index contributed by atoms with van der Waals surface area (Å²) in [5.74, 6) is 0.506. The van der Waals surface area contributed by atoms with Gasteiger partial charge in [-0.25, -0.2) is 4.68 Å². The number of aryl methyl sites for hydroxylation is 2. The van der Waals surface area contributed by atoms with Crippen LogP contribution in [-0.4, -0.2) is 22.2 Å². The molecular formula is C19H21N3O2. The number of rotatable bonds is 5. The zero-order valence-corrected chi connectivity index (χ0v) is 14.2. The standard InChI is InChI=1S/C19H21N3O2/c1-4-9-20-19(23)17-12-15(18-6-5-10-24-18)21-22(17)16-11-13(2)7-8-14(16)3/h5-8,10-12H,4,9H2,1-3H3,(H,20,23). The average Bonchev–Trinajstić information content (AvgIpc) is 3.23. The fraction of sp³-hybridized carbons (Fsp3) is 0.263. The quantitative estimate of drug-likeness (QED) is 0.775. The molecule has 24 heavy (non-hydrogen) atoms. The maximum absolute atomic E-state index is 12.6. The van der Waals surface area contributed by atoms with Crippen LogP contribution in [0.3, 0.4) is 0 Å². The summed E-state index contributed by atoms with van der Waals surface area (Å²) in [4.78, 5) is 12.6. The summed E-state index contributed by atoms with van der Waals surface area (Å²) in [6.07, 6.45) is 2.48. The number of aromatic nitrogens is 2. The lowest BCUT2D eigenvalue weighted by molar-refractivity contribution is 0.0946. The lowest BCUT2D eigenvalue weighted by atomic mass is 10.1. The van der Waals surface area contributed by atoms with Crippen LogP contribution in [0.4, 0.5) is 0 Å². The van der Waals surface area contributed by atoms with Crippen molar-refractivity contribution in [2.24, 2.45) is 0 Å². The Balaban J connectivity index is 2.12. The first kappa shape index (κ1) is 16.1. The molecule has 2 heterocycles. The average molecular weight is 323 g/mol. The monoisotopic (exact) mass is 323 g/mol. The maximum Gasteiger partial charge on any atom is 0.270 e. The molecule has 124 valence electrons. The second kappa shape index (κ2) is 6.74. The summed E-state index contributed by atoms with van der Waals surface area (Å²) in [7, 11) is 0. The van der Waals surface area contributed by atoms with Gasteiger partial charge < -0.3 is 9.73 Å². The van der Waals surface area contributed by atoms with Gasteiger partial charge >= 0.3 is 0 Å². The summed E-state index contributed by atoms with van der Waals surface area (Å²) in [5, 5.41) is 7.54. The predicted octanol–water partition coefficient (Wildman–Crippen LogP) is 3.89. The molecule has 0 spiro atoms. The van der Waals surface area contributed by atoms with Crippen LogP contribution in [0.1, 0.15) is 35.0 Å². The normalized spacial score (nSPS) is 10.8. The molecule has 1 N–H and O–H groups in total. The minimum atomic E-state index is -0.136. The molecule has 0 fully saturated rings. The first-order valence-corrected chi connectivity index (χ1v) is 8.10. The summed E-state index contributed by atoms with van der Waals surface area (Å²) in [6.45, 7) is 6.69. The third-order valence-corrected chi connectivity index (χ3v) is 3.84. The van der Waals surface area contributed by atoms with Crippen molar-refractivity contribution in [3.63, 3.8) is 0 Å². The van der Waals surface area contributed by atoms with E-state index in [0.717, 1.165) is 23.2 Å². The number of benzene rings is 1. The number of amides is 1. The predicted molar refractivity (Wildman–Crippen MR) is 93.4 cm³/mol. The molecule has 0 saturated heterocycles. The van der Waals surface area contributed by atoms with Crippen LogP contribution >= 0.6 is 0 Å². The van der Waals surface area contributed by atoms with Crippen molar-refractivity contribution in [3.05, 3.63) is 59.5 Å². The van der Waals surface area contributed by atoms with Gasteiger partial charge in [0.15, 0.2) is 5.76 Å². The summed E-state index contributed by atoms with van der Waals surface area (Å²) >= 11 is 0. The van der Waals surface area contributed by atoms with E-state index in [-0.39, 0.29) is 5.91 Å². The van der Waals surface area contributed by atoms with Crippen molar-refractivity contribution >= 4 is 5.91 Å². The van der Waals surface area contributed by atoms with Crippen molar-refractivity contribution in [2.45, 2.75) is 27.2 Å². The highest BCUT2D eigenvalue weighted by atomic mass is 16.3. The highest BCUT2D eigenvalue weighted by Gasteiger charge is 2.19. The smallest absolute Gasteiger partial charge is 0.270 e. The largest absolute Gasteiger partial charge is 0.463 e. The summed E-state index contributed by atoms with van der Waals surface area (Å²) < 4.78 is 7.13. The van der Waals surface area contributed by atoms with Crippen LogP contribution in [0.5, 0.6) is 0 Å². The van der Waals surface area contributed by atoms with Gasteiger partial charge in [0.05, 0.1) is 12.0 Å². The number of nitrogens with one attached hydrogen (secondary N) is 1. The van der Waals surface area contributed by atoms with Gasteiger partial charge in [-0.15, -0.1) is 0 Å². The molecule has 0 unspecified atom stereocenters. The van der Waals surface area contributed by atoms with Crippen molar-refractivity contribution in [1.29, 1.82) is 0 Å². The van der Waals surface area contributed by atoms with Crippen molar-refractivity contribution in [3.8, 4) is 17.1 Å². The molecule has 0 bridgehead atoms. The Bertz CT molecular complexity index is 848. The van der Waals surface area contributed by atoms with E-state index < -0.39 is 0 Å². The van der Waals surface area contributed by atoms with Crippen molar-refractivity contribution in [2.75, 3.05) is 6.54 Å². The molecular weight excluding hydrogens is 302 g/mol. The van der Waals surface area contributed by atoms with E-state index in [2.05, 4.69) is 10.4 Å². The van der Waals surface area contributed by atoms with E-state index in [1.165, 1.54) is 0 Å². The van der Waals surface area contributed by atoms with Crippen molar-refractivity contribution < 1.29 is 9.21 Å². The van der Waals surface area contributed by atoms with E-state index in [9.17, 15) is 4.79 Å². The molecule has 0 aliphatic heterocycles. The van der Waals surface area contributed by atoms with Crippen LogP contribution in [0.25, 0.3) is 17.1 Å². The first-order chi connectivity index (χ1) is 11.6. The van der Waals surface area contributed by atoms with Gasteiger partial charge in [0, 0.05) is 12.6 Å². The number of hydrogen-bond acceptors (Lipinski definition) is 3. The third-order valence-electron chi connectivity index (χ3n) is 3.84. The van der Waals surface area contributed by atoms with Crippen LogP contribution in [0, 0.1) is 13.8 Å². The summed E-state index contributed by atoms with van der Waals surface area (Å²) in [6, 6.07) is 11.5. The molecule has 5 nitrogen and oxygen atoms in total. The Morgan fingerprint density at radius 2 is 2.08 bits per heavy atom. The highest BCUT2D eigenvalue weighted by Crippen LogP contribution is 2.24. The van der Waals surface area contributed by atoms with Gasteiger partial charge in [-0.2, -0.15) is 5.10 Å². The van der Waals surface area contributed by atoms with Crippen LogP contribution in [-0.2, 0) is 0 Å². The molecule has 3 rings (SSSR count). The lowest BCUT2D eigenvalue weighted by Gasteiger charge is -2.11. The third kappa shape index (κ3) is 3.11. The Kier molecular flexibility index (Phi) is 4.51. The van der Waals surface area contributed by atoms with Crippen LogP contribution in [0.2, 0.25) is 0 Å². The molecule has 5 heteroatoms. The Hall–Kier alpha value is -2.82. The maximum atomic E-state index is 12.6. The number of carbonyl (C=O) groups excluding carboxylic acids is 1. The molecule has 1 amide bonds. The fourth-order valence-corrected chi connectivity index (χ4v) is 2.55. The van der Waals surface area contributed by atoms with E-state index in [4.69, 9.17) is 4.42 Å². The van der Waals surface area contributed by atoms with Gasteiger partial charge in [-0.05, 0) is 49.6 Å². The molecule has 0 saturated carbocycles. The number of hydrogen-bond donors (Lipinski definition) is 1. The second-order valence-electron chi connectivity index (χ2n) is 5.85. The zero-order chi connectivity index (χ0) is 17.1. The minimum Gasteiger partial charge on any atom is -0.463 e. The summed E-state index contributed by atoms with van der Waals surface area (Å²) in [5.41, 5.74) is 4.21. The van der Waals surface area contributed by atoms with Gasteiger partial charge in [-0.1, -0.05) is 19.1 Å². The van der Waals surface area contributed by atoms with E-state index >= 15 is 0 Å². The number of carbonyl (C=O) groups is 1. The number of nitrogens with zero attached hydrogens (tertiary/aromatic N) is 2. The van der Waals surface area contributed by atoms with E-state index in [1.54, 1.807) is 17.0 Å². The highest BCUT2D eigenvalue weighted by molar-refractivity contribution is 5.94. The van der Waals surface area contributed by atoms with E-state index in [0.29, 0.717) is 23.7 Å². The second-order valence-corrected chi connectivity index (χ2v) is 5.85. The van der Waals surface area contributed by atoms with Crippen molar-refractivity contribution in [1.82, 2.24) is 15.1 Å². The number of furan rings is 1. The molecule has 2 aromatic heterocycles.